The van der Waals surface area contributed by atoms with Crippen LogP contribution < -0.4 is 15.4 Å². The summed E-state index contributed by atoms with van der Waals surface area (Å²) in [5.41, 5.74) is 0.790. The fraction of sp³-hybridized carbons (Fsp3) is 0.611. The summed E-state index contributed by atoms with van der Waals surface area (Å²) in [6, 6.07) is 5.69. The van der Waals surface area contributed by atoms with Crippen LogP contribution >= 0.6 is 0 Å². The largest absolute Gasteiger partial charge is 0.508 e. The molecule has 0 bridgehead atoms. The van der Waals surface area contributed by atoms with Crippen molar-refractivity contribution in [3.63, 3.8) is 0 Å². The number of hydrogen-bond donors (Lipinski definition) is 3. The van der Waals surface area contributed by atoms with Gasteiger partial charge in [0.1, 0.15) is 11.5 Å². The Kier molecular flexibility index (Phi) is 6.13. The topological polar surface area (TPSA) is 65.9 Å². The van der Waals surface area contributed by atoms with Crippen molar-refractivity contribution in [1.29, 1.82) is 0 Å². The summed E-state index contributed by atoms with van der Waals surface area (Å²) >= 11 is 0. The lowest BCUT2D eigenvalue weighted by Crippen LogP contribution is -2.45. The first-order chi connectivity index (χ1) is 11.0. The second kappa shape index (κ2) is 8.09. The van der Waals surface area contributed by atoms with E-state index in [1.54, 1.807) is 26.3 Å². The third-order valence-corrected chi connectivity index (χ3v) is 4.48. The van der Waals surface area contributed by atoms with Crippen LogP contribution in [0.3, 0.4) is 0 Å². The Morgan fingerprint density at radius 1 is 1.26 bits per heavy atom. The van der Waals surface area contributed by atoms with Crippen LogP contribution in [0.2, 0.25) is 0 Å². The van der Waals surface area contributed by atoms with Crippen LogP contribution in [-0.2, 0) is 6.54 Å². The molecule has 0 aliphatic heterocycles. The molecule has 1 saturated carbocycles. The van der Waals surface area contributed by atoms with Crippen molar-refractivity contribution < 1.29 is 9.84 Å². The molecular formula is C18H29N3O2. The van der Waals surface area contributed by atoms with E-state index >= 15 is 0 Å². The molecule has 1 aliphatic carbocycles. The lowest BCUT2D eigenvalue weighted by atomic mass is 9.80. The van der Waals surface area contributed by atoms with E-state index in [-0.39, 0.29) is 5.75 Å². The molecule has 1 aromatic rings. The summed E-state index contributed by atoms with van der Waals surface area (Å²) in [7, 11) is 3.39. The van der Waals surface area contributed by atoms with Crippen molar-refractivity contribution in [3.8, 4) is 11.5 Å². The second-order valence-electron chi connectivity index (χ2n) is 6.68. The molecule has 5 heteroatoms. The number of hydrogen-bond acceptors (Lipinski definition) is 3. The standard InChI is InChI=1S/C18H29N3O2/c1-12-7-13(2)9-15(8-12)21-18(19-3)20-11-14-10-16(23-4)5-6-17(14)22/h5-6,10,12-13,15,22H,7-9,11H2,1-4H3,(H2,19,20,21). The molecular weight excluding hydrogens is 290 g/mol. The van der Waals surface area contributed by atoms with Crippen LogP contribution in [-0.4, -0.2) is 31.3 Å². The Labute approximate surface area is 139 Å². The monoisotopic (exact) mass is 319 g/mol. The van der Waals surface area contributed by atoms with E-state index in [4.69, 9.17) is 4.74 Å². The highest BCUT2D eigenvalue weighted by Crippen LogP contribution is 2.28. The molecule has 0 spiro atoms. The average Bonchev–Trinajstić information content (AvgIpc) is 2.51. The van der Waals surface area contributed by atoms with Gasteiger partial charge in [0.05, 0.1) is 7.11 Å². The molecule has 1 fully saturated rings. The smallest absolute Gasteiger partial charge is 0.191 e. The van der Waals surface area contributed by atoms with Crippen LogP contribution in [0, 0.1) is 11.8 Å². The SMILES string of the molecule is CN=C(NCc1cc(OC)ccc1O)NC1CC(C)CC(C)C1. The number of phenolic OH excluding ortho intramolecular Hbond substituents is 1. The summed E-state index contributed by atoms with van der Waals surface area (Å²) in [5.74, 6) is 3.26. The zero-order chi connectivity index (χ0) is 16.8. The summed E-state index contributed by atoms with van der Waals surface area (Å²) < 4.78 is 5.20. The molecule has 2 unspecified atom stereocenters. The van der Waals surface area contributed by atoms with E-state index in [0.29, 0.717) is 12.6 Å². The lowest BCUT2D eigenvalue weighted by Gasteiger charge is -2.32. The number of rotatable bonds is 4. The van der Waals surface area contributed by atoms with Crippen LogP contribution in [0.25, 0.3) is 0 Å². The predicted octanol–water partition coefficient (Wildman–Crippen LogP) is 2.89. The normalized spacial score (nSPS) is 25.0. The summed E-state index contributed by atoms with van der Waals surface area (Å²) in [4.78, 5) is 4.30. The fourth-order valence-corrected chi connectivity index (χ4v) is 3.46. The molecule has 0 amide bonds. The maximum atomic E-state index is 9.95. The van der Waals surface area contributed by atoms with Gasteiger partial charge in [-0.1, -0.05) is 13.8 Å². The van der Waals surface area contributed by atoms with E-state index in [1.807, 2.05) is 6.07 Å². The molecule has 3 N–H and O–H groups in total. The minimum Gasteiger partial charge on any atom is -0.508 e. The Balaban J connectivity index is 1.93. The molecule has 2 rings (SSSR count). The van der Waals surface area contributed by atoms with Crippen LogP contribution in [0.1, 0.15) is 38.7 Å². The Morgan fingerprint density at radius 2 is 1.96 bits per heavy atom. The molecule has 1 aromatic carbocycles. The van der Waals surface area contributed by atoms with Gasteiger partial charge >= 0.3 is 0 Å². The third-order valence-electron chi connectivity index (χ3n) is 4.48. The molecule has 128 valence electrons. The molecule has 0 heterocycles. The van der Waals surface area contributed by atoms with Gasteiger partial charge in [0, 0.05) is 25.2 Å². The number of phenols is 1. The minimum absolute atomic E-state index is 0.258. The van der Waals surface area contributed by atoms with Gasteiger partial charge in [-0.05, 0) is 49.3 Å². The van der Waals surface area contributed by atoms with E-state index < -0.39 is 0 Å². The predicted molar refractivity (Wildman–Crippen MR) is 94.0 cm³/mol. The molecule has 23 heavy (non-hydrogen) atoms. The van der Waals surface area contributed by atoms with Crippen molar-refractivity contribution in [2.45, 2.75) is 45.7 Å². The van der Waals surface area contributed by atoms with Crippen molar-refractivity contribution >= 4 is 5.96 Å². The highest BCUT2D eigenvalue weighted by molar-refractivity contribution is 5.80. The molecule has 0 radical (unpaired) electrons. The van der Waals surface area contributed by atoms with Crippen LogP contribution in [0.4, 0.5) is 0 Å². The van der Waals surface area contributed by atoms with Gasteiger partial charge in [-0.2, -0.15) is 0 Å². The summed E-state index contributed by atoms with van der Waals surface area (Å²) in [5, 5.41) is 16.7. The molecule has 0 saturated heterocycles. The quantitative estimate of drug-likeness (QED) is 0.590. The zero-order valence-corrected chi connectivity index (χ0v) is 14.6. The van der Waals surface area contributed by atoms with Gasteiger partial charge in [-0.15, -0.1) is 0 Å². The average molecular weight is 319 g/mol. The number of aliphatic imine (C=N–C) groups is 1. The van der Waals surface area contributed by atoms with Gasteiger partial charge in [0.15, 0.2) is 5.96 Å². The first-order valence-electron chi connectivity index (χ1n) is 8.34. The summed E-state index contributed by atoms with van der Waals surface area (Å²) in [6.07, 6.45) is 3.66. The molecule has 2 atom stereocenters. The zero-order valence-electron chi connectivity index (χ0n) is 14.6. The fourth-order valence-electron chi connectivity index (χ4n) is 3.46. The van der Waals surface area contributed by atoms with Crippen molar-refractivity contribution in [2.24, 2.45) is 16.8 Å². The highest BCUT2D eigenvalue weighted by Gasteiger charge is 2.24. The highest BCUT2D eigenvalue weighted by atomic mass is 16.5. The minimum atomic E-state index is 0.258. The van der Waals surface area contributed by atoms with Gasteiger partial charge in [-0.3, -0.25) is 4.99 Å². The van der Waals surface area contributed by atoms with E-state index in [1.165, 1.54) is 19.3 Å². The van der Waals surface area contributed by atoms with E-state index in [0.717, 1.165) is 29.1 Å². The van der Waals surface area contributed by atoms with Crippen LogP contribution in [0.5, 0.6) is 11.5 Å². The maximum absolute atomic E-state index is 9.95. The second-order valence-corrected chi connectivity index (χ2v) is 6.68. The van der Waals surface area contributed by atoms with Crippen molar-refractivity contribution in [3.05, 3.63) is 23.8 Å². The molecule has 1 aliphatic rings. The number of ether oxygens (including phenoxy) is 1. The van der Waals surface area contributed by atoms with E-state index in [2.05, 4.69) is 29.5 Å². The van der Waals surface area contributed by atoms with Crippen molar-refractivity contribution in [2.75, 3.05) is 14.2 Å². The number of methoxy groups -OCH3 is 1. The number of nitrogens with one attached hydrogen (secondary N) is 2. The van der Waals surface area contributed by atoms with Gasteiger partial charge in [0.2, 0.25) is 0 Å². The van der Waals surface area contributed by atoms with E-state index in [9.17, 15) is 5.11 Å². The number of aromatic hydroxyl groups is 1. The number of benzene rings is 1. The van der Waals surface area contributed by atoms with Gasteiger partial charge in [-0.25, -0.2) is 0 Å². The molecule has 5 nitrogen and oxygen atoms in total. The van der Waals surface area contributed by atoms with Crippen molar-refractivity contribution in [1.82, 2.24) is 10.6 Å². The number of guanidine groups is 1. The van der Waals surface area contributed by atoms with Gasteiger partial charge < -0.3 is 20.5 Å². The maximum Gasteiger partial charge on any atom is 0.191 e. The summed E-state index contributed by atoms with van der Waals surface area (Å²) in [6.45, 7) is 5.13. The Bertz CT molecular complexity index is 535. The molecule has 0 aromatic heterocycles. The van der Waals surface area contributed by atoms with Gasteiger partial charge in [0.25, 0.3) is 0 Å². The Morgan fingerprint density at radius 3 is 2.57 bits per heavy atom. The number of nitrogens with zero attached hydrogens (tertiary/aromatic N) is 1. The van der Waals surface area contributed by atoms with Crippen LogP contribution in [0.15, 0.2) is 23.2 Å². The Hall–Kier alpha value is -1.91. The first-order valence-corrected chi connectivity index (χ1v) is 8.34. The third kappa shape index (κ3) is 5.05. The first kappa shape index (κ1) is 17.4. The lowest BCUT2D eigenvalue weighted by molar-refractivity contribution is 0.255.